The third kappa shape index (κ3) is 8.85. The smallest absolute Gasteiger partial charge is 0.287 e. The highest BCUT2D eigenvalue weighted by Gasteiger charge is 2.30. The van der Waals surface area contributed by atoms with E-state index in [2.05, 4.69) is 25.7 Å². The molecule has 15 heteroatoms. The van der Waals surface area contributed by atoms with Gasteiger partial charge in [-0.25, -0.2) is 13.4 Å². The van der Waals surface area contributed by atoms with E-state index in [-0.39, 0.29) is 29.7 Å². The van der Waals surface area contributed by atoms with Crippen LogP contribution in [0.15, 0.2) is 40.7 Å². The molecule has 214 valence electrons. The van der Waals surface area contributed by atoms with Crippen LogP contribution in [0.5, 0.6) is 0 Å². The van der Waals surface area contributed by atoms with E-state index in [1.165, 1.54) is 49.4 Å². The topological polar surface area (TPSA) is 190 Å². The van der Waals surface area contributed by atoms with E-state index in [0.29, 0.717) is 12.5 Å². The Morgan fingerprint density at radius 2 is 1.79 bits per heavy atom. The molecule has 3 amide bonds. The zero-order chi connectivity index (χ0) is 29.2. The Kier molecular flexibility index (Phi) is 11.5. The summed E-state index contributed by atoms with van der Waals surface area (Å²) in [6.45, 7) is 4.24. The highest BCUT2D eigenvalue weighted by atomic mass is 32.2. The van der Waals surface area contributed by atoms with E-state index in [0.717, 1.165) is 17.4 Å². The number of ketones is 1. The summed E-state index contributed by atoms with van der Waals surface area (Å²) in [6.07, 6.45) is 5.02. The Balaban J connectivity index is 2.22. The molecule has 4 N–H and O–H groups in total. The number of nitrogens with zero attached hydrogens (tertiary/aromatic N) is 3. The standard InChI is InChI=1S/C24H35N7O7S/c1-5-16(6-2)14-27-20(33)15-31-12-7-8-18(23(31)36)28-21(34)17(9-10-19(32)22(35)25-3)29-39(37,38)24-26-11-13-30(24)4/h7-8,11-13,16-17,29H,5-6,9-10,14-15H2,1-4H3,(H,25,35)(H,27,33)(H,28,34). The molecule has 0 bridgehead atoms. The van der Waals surface area contributed by atoms with E-state index < -0.39 is 45.6 Å². The number of anilines is 1. The first kappa shape index (κ1) is 31.4. The fourth-order valence-electron chi connectivity index (χ4n) is 3.65. The molecule has 0 aromatic carbocycles. The number of amides is 3. The average Bonchev–Trinajstić information content (AvgIpc) is 3.35. The minimum atomic E-state index is -4.32. The van der Waals surface area contributed by atoms with Crippen molar-refractivity contribution in [3.63, 3.8) is 0 Å². The maximum Gasteiger partial charge on any atom is 0.287 e. The third-order valence-electron chi connectivity index (χ3n) is 6.11. The van der Waals surface area contributed by atoms with Gasteiger partial charge in [0.2, 0.25) is 22.8 Å². The molecule has 39 heavy (non-hydrogen) atoms. The zero-order valence-corrected chi connectivity index (χ0v) is 23.2. The lowest BCUT2D eigenvalue weighted by Gasteiger charge is -2.18. The van der Waals surface area contributed by atoms with Gasteiger partial charge in [-0.2, -0.15) is 4.72 Å². The number of aryl methyl sites for hydroxylation is 1. The van der Waals surface area contributed by atoms with Crippen molar-refractivity contribution in [3.05, 3.63) is 41.1 Å². The minimum absolute atomic E-state index is 0.200. The van der Waals surface area contributed by atoms with Crippen LogP contribution in [-0.2, 0) is 42.8 Å². The molecule has 0 radical (unpaired) electrons. The lowest BCUT2D eigenvalue weighted by molar-refractivity contribution is -0.137. The van der Waals surface area contributed by atoms with Crippen molar-refractivity contribution in [2.75, 3.05) is 18.9 Å². The number of hydrogen-bond acceptors (Lipinski definition) is 8. The molecule has 2 aromatic rings. The summed E-state index contributed by atoms with van der Waals surface area (Å²) in [6, 6.07) is 1.23. The number of aromatic nitrogens is 3. The highest BCUT2D eigenvalue weighted by Crippen LogP contribution is 2.11. The number of hydrogen-bond donors (Lipinski definition) is 4. The third-order valence-corrected chi connectivity index (χ3v) is 7.58. The van der Waals surface area contributed by atoms with E-state index in [4.69, 9.17) is 0 Å². The van der Waals surface area contributed by atoms with Crippen molar-refractivity contribution in [2.24, 2.45) is 13.0 Å². The van der Waals surface area contributed by atoms with Crippen molar-refractivity contribution in [3.8, 4) is 0 Å². The van der Waals surface area contributed by atoms with Gasteiger partial charge < -0.3 is 25.1 Å². The van der Waals surface area contributed by atoms with Gasteiger partial charge in [0.25, 0.3) is 21.5 Å². The summed E-state index contributed by atoms with van der Waals surface area (Å²) >= 11 is 0. The number of sulfonamides is 1. The first-order chi connectivity index (χ1) is 18.4. The molecule has 0 aliphatic rings. The predicted octanol–water partition coefficient (Wildman–Crippen LogP) is -0.485. The first-order valence-electron chi connectivity index (χ1n) is 12.4. The Morgan fingerprint density at radius 3 is 2.38 bits per heavy atom. The molecule has 0 aliphatic heterocycles. The normalized spacial score (nSPS) is 12.1. The van der Waals surface area contributed by atoms with Crippen LogP contribution in [0.2, 0.25) is 0 Å². The van der Waals surface area contributed by atoms with E-state index in [9.17, 15) is 32.4 Å². The second kappa shape index (κ2) is 14.3. The van der Waals surface area contributed by atoms with Gasteiger partial charge >= 0.3 is 0 Å². The van der Waals surface area contributed by atoms with Crippen molar-refractivity contribution < 1.29 is 27.6 Å². The van der Waals surface area contributed by atoms with Crippen LogP contribution in [0.1, 0.15) is 39.5 Å². The van der Waals surface area contributed by atoms with Crippen molar-refractivity contribution >= 4 is 39.2 Å². The molecule has 2 rings (SSSR count). The number of rotatable bonds is 15. The van der Waals surface area contributed by atoms with Gasteiger partial charge in [-0.05, 0) is 24.5 Å². The number of likely N-dealkylation sites (N-methyl/N-ethyl adjacent to an activating group) is 1. The lowest BCUT2D eigenvalue weighted by Crippen LogP contribution is -2.45. The molecule has 2 heterocycles. The van der Waals surface area contributed by atoms with Crippen molar-refractivity contribution in [1.29, 1.82) is 0 Å². The molecular weight excluding hydrogens is 530 g/mol. The molecular formula is C24H35N7O7S. The van der Waals surface area contributed by atoms with Crippen LogP contribution in [0.4, 0.5) is 5.69 Å². The molecule has 0 spiro atoms. The SMILES string of the molecule is CCC(CC)CNC(=O)Cn1cccc(NC(=O)C(CCC(=O)C(=O)NC)NS(=O)(=O)c2nccn2C)c1=O. The van der Waals surface area contributed by atoms with Crippen LogP contribution in [0.25, 0.3) is 0 Å². The molecule has 2 aromatic heterocycles. The summed E-state index contributed by atoms with van der Waals surface area (Å²) < 4.78 is 30.2. The second-order valence-corrected chi connectivity index (χ2v) is 10.5. The average molecular weight is 566 g/mol. The molecule has 14 nitrogen and oxygen atoms in total. The summed E-state index contributed by atoms with van der Waals surface area (Å²) in [5.74, 6) is -2.74. The van der Waals surface area contributed by atoms with E-state index in [1.807, 2.05) is 13.8 Å². The van der Waals surface area contributed by atoms with Gasteiger partial charge in [0.05, 0.1) is 0 Å². The molecule has 0 aliphatic carbocycles. The lowest BCUT2D eigenvalue weighted by atomic mass is 10.0. The maximum atomic E-state index is 13.1. The van der Waals surface area contributed by atoms with Crippen molar-refractivity contribution in [2.45, 2.75) is 57.3 Å². The summed E-state index contributed by atoms with van der Waals surface area (Å²) in [5, 5.41) is 6.95. The van der Waals surface area contributed by atoms with Crippen molar-refractivity contribution in [1.82, 2.24) is 29.5 Å². The van der Waals surface area contributed by atoms with Crippen LogP contribution in [0, 0.1) is 5.92 Å². The molecule has 1 unspecified atom stereocenters. The summed E-state index contributed by atoms with van der Waals surface area (Å²) in [5.41, 5.74) is -0.884. The fraction of sp³-hybridized carbons (Fsp3) is 0.500. The van der Waals surface area contributed by atoms with E-state index in [1.54, 1.807) is 0 Å². The number of Topliss-reactive ketones (excluding diaryl/α,β-unsaturated/α-hetero) is 1. The molecule has 0 fully saturated rings. The van der Waals surface area contributed by atoms with Gasteiger partial charge in [-0.15, -0.1) is 0 Å². The van der Waals surface area contributed by atoms with Gasteiger partial charge in [0, 0.05) is 45.7 Å². The Morgan fingerprint density at radius 1 is 1.10 bits per heavy atom. The monoisotopic (exact) mass is 565 g/mol. The van der Waals surface area contributed by atoms with Gasteiger partial charge in [-0.3, -0.25) is 24.0 Å². The van der Waals surface area contributed by atoms with Gasteiger partial charge in [0.1, 0.15) is 18.3 Å². The Hall–Kier alpha value is -3.85. The number of imidazole rings is 1. The number of carbonyl (C=O) groups is 4. The quantitative estimate of drug-likeness (QED) is 0.208. The van der Waals surface area contributed by atoms with Crippen LogP contribution in [-0.4, -0.2) is 65.7 Å². The largest absolute Gasteiger partial charge is 0.354 e. The first-order valence-corrected chi connectivity index (χ1v) is 13.9. The van der Waals surface area contributed by atoms with Gasteiger partial charge in [0.15, 0.2) is 0 Å². The summed E-state index contributed by atoms with van der Waals surface area (Å²) in [7, 11) is -1.61. The van der Waals surface area contributed by atoms with E-state index >= 15 is 0 Å². The maximum absolute atomic E-state index is 13.1. The van der Waals surface area contributed by atoms with Crippen LogP contribution in [0.3, 0.4) is 0 Å². The fourth-order valence-corrected chi connectivity index (χ4v) is 4.99. The van der Waals surface area contributed by atoms with Crippen LogP contribution >= 0.6 is 0 Å². The zero-order valence-electron chi connectivity index (χ0n) is 22.4. The summed E-state index contributed by atoms with van der Waals surface area (Å²) in [4.78, 5) is 65.8. The molecule has 0 saturated heterocycles. The number of carbonyl (C=O) groups excluding carboxylic acids is 4. The predicted molar refractivity (Wildman–Crippen MR) is 142 cm³/mol. The molecule has 0 saturated carbocycles. The number of nitrogens with one attached hydrogen (secondary N) is 4. The number of pyridine rings is 1. The van der Waals surface area contributed by atoms with Crippen LogP contribution < -0.4 is 26.2 Å². The minimum Gasteiger partial charge on any atom is -0.354 e. The van der Waals surface area contributed by atoms with Gasteiger partial charge in [-0.1, -0.05) is 26.7 Å². The second-order valence-electron chi connectivity index (χ2n) is 8.87. The Labute approximate surface area is 226 Å². The highest BCUT2D eigenvalue weighted by molar-refractivity contribution is 7.89. The molecule has 1 atom stereocenters. The Bertz CT molecular complexity index is 1350.